The molecule has 8 rings (SSSR count). The molecule has 356 valence electrons. The second kappa shape index (κ2) is 20.1. The highest BCUT2D eigenvalue weighted by atomic mass is 35.5. The van der Waals surface area contributed by atoms with Gasteiger partial charge in [0.05, 0.1) is 30.5 Å². The van der Waals surface area contributed by atoms with E-state index < -0.39 is 35.0 Å². The summed E-state index contributed by atoms with van der Waals surface area (Å²) in [7, 11) is 2.84. The van der Waals surface area contributed by atoms with Gasteiger partial charge >= 0.3 is 0 Å². The van der Waals surface area contributed by atoms with Gasteiger partial charge in [0.25, 0.3) is 5.91 Å². The summed E-state index contributed by atoms with van der Waals surface area (Å²) in [5, 5.41) is 6.50. The van der Waals surface area contributed by atoms with E-state index in [0.717, 1.165) is 64.0 Å². The number of nitrogens with one attached hydrogen (secondary N) is 2. The summed E-state index contributed by atoms with van der Waals surface area (Å²) in [5.41, 5.74) is 11.9. The number of carbonyl (C=O) groups excluding carboxylic acids is 4. The molecule has 14 nitrogen and oxygen atoms in total. The van der Waals surface area contributed by atoms with Crippen LogP contribution in [-0.2, 0) is 15.2 Å². The Bertz CT molecular complexity index is 2510. The van der Waals surface area contributed by atoms with Crippen LogP contribution in [0.5, 0.6) is 17.2 Å². The number of rotatable bonds is 16. The van der Waals surface area contributed by atoms with Gasteiger partial charge in [-0.1, -0.05) is 48.9 Å². The van der Waals surface area contributed by atoms with Gasteiger partial charge in [-0.15, -0.1) is 0 Å². The molecule has 0 bridgehead atoms. The highest BCUT2D eigenvalue weighted by molar-refractivity contribution is 6.34. The fourth-order valence-electron chi connectivity index (χ4n) is 10.3. The first-order chi connectivity index (χ1) is 32.2. The summed E-state index contributed by atoms with van der Waals surface area (Å²) in [6.45, 7) is 7.57. The number of ether oxygens (including phenoxy) is 3. The van der Waals surface area contributed by atoms with Crippen molar-refractivity contribution in [3.63, 3.8) is 0 Å². The maximum Gasteiger partial charge on any atom is 0.254 e. The second-order valence-electron chi connectivity index (χ2n) is 18.1. The van der Waals surface area contributed by atoms with Crippen LogP contribution < -0.4 is 36.3 Å². The van der Waals surface area contributed by atoms with Crippen molar-refractivity contribution in [3.05, 3.63) is 106 Å². The number of hydrogen-bond donors (Lipinski definition) is 4. The van der Waals surface area contributed by atoms with E-state index in [4.69, 9.17) is 37.3 Å². The normalized spacial score (nSPS) is 21.8. The van der Waals surface area contributed by atoms with Crippen molar-refractivity contribution in [2.45, 2.75) is 56.6 Å². The highest BCUT2D eigenvalue weighted by Crippen LogP contribution is 2.56. The third kappa shape index (κ3) is 9.61. The fraction of sp³-hybridized carbons (Fsp3) is 0.440. The van der Waals surface area contributed by atoms with Gasteiger partial charge in [0, 0.05) is 117 Å². The Morgan fingerprint density at radius 1 is 0.866 bits per heavy atom. The third-order valence-electron chi connectivity index (χ3n) is 14.1. The first kappa shape index (κ1) is 47.5. The predicted molar refractivity (Wildman–Crippen MR) is 250 cm³/mol. The summed E-state index contributed by atoms with van der Waals surface area (Å²) < 4.78 is 49.4. The number of methoxy groups -OCH3 is 2. The lowest BCUT2D eigenvalue weighted by Gasteiger charge is -2.45. The van der Waals surface area contributed by atoms with Crippen molar-refractivity contribution >= 4 is 40.9 Å². The number of likely N-dealkylation sites (tertiary alicyclic amines) is 1. The Morgan fingerprint density at radius 3 is 2.21 bits per heavy atom. The number of carbonyl (C=O) groups is 4. The van der Waals surface area contributed by atoms with E-state index in [1.165, 1.54) is 25.3 Å². The van der Waals surface area contributed by atoms with E-state index in [-0.39, 0.29) is 63.4 Å². The molecule has 6 N–H and O–H groups in total. The number of benzene rings is 4. The molecule has 3 fully saturated rings. The minimum Gasteiger partial charge on any atom is -0.495 e. The van der Waals surface area contributed by atoms with Gasteiger partial charge < -0.3 is 46.1 Å². The first-order valence-electron chi connectivity index (χ1n) is 22.9. The Hall–Kier alpha value is -5.97. The fourth-order valence-corrected chi connectivity index (χ4v) is 10.6. The van der Waals surface area contributed by atoms with Gasteiger partial charge in [0.15, 0.2) is 17.2 Å². The minimum absolute atomic E-state index is 0.0108. The summed E-state index contributed by atoms with van der Waals surface area (Å²) in [4.78, 5) is 57.2. The molecular formula is C50H58ClF2N7O7. The Kier molecular flexibility index (Phi) is 14.3. The summed E-state index contributed by atoms with van der Waals surface area (Å²) in [5.74, 6) is -2.53. The number of halogens is 3. The van der Waals surface area contributed by atoms with Gasteiger partial charge in [-0.25, -0.2) is 8.78 Å². The van der Waals surface area contributed by atoms with Crippen LogP contribution in [0.25, 0.3) is 11.1 Å². The number of amides is 4. The molecule has 0 unspecified atom stereocenters. The van der Waals surface area contributed by atoms with Crippen LogP contribution in [0.4, 0.5) is 14.5 Å². The summed E-state index contributed by atoms with van der Waals surface area (Å²) in [6, 6.07) is 18.7. The van der Waals surface area contributed by atoms with Gasteiger partial charge in [0.1, 0.15) is 17.3 Å². The lowest BCUT2D eigenvalue weighted by molar-refractivity contribution is -0.143. The molecule has 3 aliphatic heterocycles. The standard InChI is InChI=1S/C50H58ClF2N7O7/c1-29-42-40(24-36(52)45(51)44(42)43-35(47(55)62)14-16-39(66-3)46(43)53)67-50(29,33-7-5-4-6-8-33)28-57-34-12-9-31(10-13-34)48(63)60-26-30(27-60)25-58-19-21-59(22-20-58)49(64)32-11-15-38(65-2)37(23-32)56-18-17-41(54)61/h4-8,11,14-16,23-24,29-31,34,56-57H,9-10,12-13,17-22,25-28H2,1-3H3,(H2,54,61)(H2,55,62)/t29-,31?,34?,50-/m0/s1. The van der Waals surface area contributed by atoms with Crippen molar-refractivity contribution in [1.29, 1.82) is 0 Å². The highest BCUT2D eigenvalue weighted by Gasteiger charge is 2.50. The smallest absolute Gasteiger partial charge is 0.254 e. The quantitative estimate of drug-likeness (QED) is 0.102. The molecular weight excluding hydrogens is 884 g/mol. The predicted octanol–water partition coefficient (Wildman–Crippen LogP) is 6.14. The number of primary amides is 2. The number of anilines is 1. The van der Waals surface area contributed by atoms with E-state index in [0.29, 0.717) is 54.7 Å². The zero-order chi connectivity index (χ0) is 47.6. The van der Waals surface area contributed by atoms with Gasteiger partial charge in [-0.05, 0) is 61.6 Å². The Balaban J connectivity index is 0.848. The molecule has 17 heteroatoms. The van der Waals surface area contributed by atoms with Crippen molar-refractivity contribution in [3.8, 4) is 28.4 Å². The maximum absolute atomic E-state index is 16.2. The Labute approximate surface area is 394 Å². The number of piperazine rings is 1. The minimum atomic E-state index is -1.08. The van der Waals surface area contributed by atoms with Crippen LogP contribution in [0, 0.1) is 23.5 Å². The molecule has 0 aromatic heterocycles. The van der Waals surface area contributed by atoms with E-state index >= 15 is 8.78 Å². The SMILES string of the molecule is COc1ccc(C(=O)N2CCN(CC3CN(C(=O)C4CCC(NC[C@]5(c6ccccc6)Oc6cc(F)c(Cl)c(-c7c(C(N)=O)ccc(OC)c7F)c6[C@@H]5C)CC4)C3)CC2)cc1NCCC(N)=O. The van der Waals surface area contributed by atoms with Crippen LogP contribution in [0.2, 0.25) is 5.02 Å². The number of hydrogen-bond acceptors (Lipinski definition) is 10. The first-order valence-corrected chi connectivity index (χ1v) is 23.3. The second-order valence-corrected chi connectivity index (χ2v) is 18.5. The molecule has 0 radical (unpaired) electrons. The molecule has 4 aromatic rings. The largest absolute Gasteiger partial charge is 0.495 e. The molecule has 1 aliphatic carbocycles. The molecule has 4 amide bonds. The van der Waals surface area contributed by atoms with E-state index in [2.05, 4.69) is 15.5 Å². The molecule has 0 spiro atoms. The summed E-state index contributed by atoms with van der Waals surface area (Å²) in [6.07, 6.45) is 3.17. The molecule has 67 heavy (non-hydrogen) atoms. The number of nitrogens with zero attached hydrogens (tertiary/aromatic N) is 3. The van der Waals surface area contributed by atoms with Gasteiger partial charge in [-0.2, -0.15) is 0 Å². The van der Waals surface area contributed by atoms with Crippen LogP contribution in [0.3, 0.4) is 0 Å². The molecule has 4 aliphatic rings. The number of nitrogens with two attached hydrogens (primary N) is 2. The molecule has 2 saturated heterocycles. The van der Waals surface area contributed by atoms with Crippen molar-refractivity contribution in [2.24, 2.45) is 23.3 Å². The molecule has 3 heterocycles. The van der Waals surface area contributed by atoms with Crippen LogP contribution in [0.1, 0.15) is 76.8 Å². The zero-order valence-corrected chi connectivity index (χ0v) is 38.8. The average Bonchev–Trinajstić information content (AvgIpc) is 3.60. The van der Waals surface area contributed by atoms with E-state index in [9.17, 15) is 19.2 Å². The van der Waals surface area contributed by atoms with E-state index in [1.807, 2.05) is 47.1 Å². The number of fused-ring (bicyclic) bond motifs is 1. The monoisotopic (exact) mass is 941 g/mol. The van der Waals surface area contributed by atoms with Crippen LogP contribution in [0.15, 0.2) is 66.7 Å². The maximum atomic E-state index is 16.2. The molecule has 2 atom stereocenters. The van der Waals surface area contributed by atoms with Crippen LogP contribution >= 0.6 is 11.6 Å². The molecule has 1 saturated carbocycles. The molecule has 4 aromatic carbocycles. The van der Waals surface area contributed by atoms with Gasteiger partial charge in [-0.3, -0.25) is 24.1 Å². The lowest BCUT2D eigenvalue weighted by atomic mass is 9.77. The summed E-state index contributed by atoms with van der Waals surface area (Å²) >= 11 is 6.68. The van der Waals surface area contributed by atoms with Crippen molar-refractivity contribution in [2.75, 3.05) is 78.4 Å². The topological polar surface area (TPSA) is 182 Å². The van der Waals surface area contributed by atoms with Crippen molar-refractivity contribution in [1.82, 2.24) is 20.0 Å². The van der Waals surface area contributed by atoms with Gasteiger partial charge in [0.2, 0.25) is 17.7 Å². The van der Waals surface area contributed by atoms with Crippen LogP contribution in [-0.4, -0.2) is 117 Å². The zero-order valence-electron chi connectivity index (χ0n) is 38.0. The lowest BCUT2D eigenvalue weighted by Crippen LogP contribution is -2.58. The van der Waals surface area contributed by atoms with E-state index in [1.54, 1.807) is 25.3 Å². The van der Waals surface area contributed by atoms with Crippen molar-refractivity contribution < 1.29 is 42.2 Å². The Morgan fingerprint density at radius 2 is 1.55 bits per heavy atom. The third-order valence-corrected chi connectivity index (χ3v) is 14.4. The average molecular weight is 943 g/mol.